The van der Waals surface area contributed by atoms with Crippen LogP contribution < -0.4 is 0 Å². The van der Waals surface area contributed by atoms with Gasteiger partial charge >= 0.3 is 0 Å². The Bertz CT molecular complexity index is 82.2. The van der Waals surface area contributed by atoms with Crippen LogP contribution in [0.2, 0.25) is 0 Å². The van der Waals surface area contributed by atoms with Crippen molar-refractivity contribution in [2.75, 3.05) is 26.3 Å². The molecule has 0 heterocycles. The van der Waals surface area contributed by atoms with Gasteiger partial charge in [0, 0.05) is 0 Å². The first-order valence-corrected chi connectivity index (χ1v) is 4.24. The first-order chi connectivity index (χ1) is 5.13. The Hall–Kier alpha value is 1.04. The number of hydrogen-bond donors (Lipinski definition) is 0. The number of rotatable bonds is 6. The predicted molar refractivity (Wildman–Crippen MR) is 47.6 cm³/mol. The second-order valence-electron chi connectivity index (χ2n) is 1.67. The minimum absolute atomic E-state index is 0.452. The highest BCUT2D eigenvalue weighted by Crippen LogP contribution is 1.98. The molecule has 0 aliphatic heterocycles. The third-order valence-electron chi connectivity index (χ3n) is 0.809. The molecule has 0 aromatic heterocycles. The molecule has 0 saturated carbocycles. The van der Waals surface area contributed by atoms with Gasteiger partial charge < -0.3 is 4.74 Å². The Morgan fingerprint density at radius 3 is 1.45 bits per heavy atom. The molecule has 0 aliphatic rings. The fourth-order valence-electron chi connectivity index (χ4n) is 0.369. The van der Waals surface area contributed by atoms with Crippen molar-refractivity contribution in [3.63, 3.8) is 0 Å². The van der Waals surface area contributed by atoms with Crippen LogP contribution in [0.25, 0.3) is 0 Å². The summed E-state index contributed by atoms with van der Waals surface area (Å²) < 4.78 is 7.03. The molecule has 0 amide bonds. The number of halogens is 4. The van der Waals surface area contributed by atoms with Crippen LogP contribution in [0.5, 0.6) is 0 Å². The van der Waals surface area contributed by atoms with E-state index in [0.29, 0.717) is 26.3 Å². The van der Waals surface area contributed by atoms with Crippen LogP contribution >= 0.6 is 47.1 Å². The van der Waals surface area contributed by atoms with E-state index in [1.165, 1.54) is 0 Å². The molecule has 0 aromatic rings. The molecule has 68 valence electrons. The van der Waals surface area contributed by atoms with Crippen LogP contribution in [0.1, 0.15) is 0 Å². The smallest absolute Gasteiger partial charge is 0.0621 e. The van der Waals surface area contributed by atoms with E-state index in [9.17, 15) is 0 Å². The SMILES string of the molecule is ClN(Cl)CCOCCN(Cl)Cl. The molecule has 0 N–H and O–H groups in total. The standard InChI is InChI=1S/C4H8Cl4N2O/c5-9(6)1-3-11-4-2-10(7)8/h1-4H2. The topological polar surface area (TPSA) is 15.7 Å². The number of nitrogens with zero attached hydrogens (tertiary/aromatic N) is 2. The summed E-state index contributed by atoms with van der Waals surface area (Å²) in [5.74, 6) is 0. The molecule has 0 atom stereocenters. The summed E-state index contributed by atoms with van der Waals surface area (Å²) in [6, 6.07) is 0. The highest BCUT2D eigenvalue weighted by molar-refractivity contribution is 6.34. The summed E-state index contributed by atoms with van der Waals surface area (Å²) in [4.78, 5) is 0. The third-order valence-corrected chi connectivity index (χ3v) is 1.49. The summed E-state index contributed by atoms with van der Waals surface area (Å²) in [7, 11) is 0. The summed E-state index contributed by atoms with van der Waals surface area (Å²) in [6.07, 6.45) is 0. The first-order valence-electron chi connectivity index (χ1n) is 2.89. The van der Waals surface area contributed by atoms with Gasteiger partial charge in [0.2, 0.25) is 0 Å². The quantitative estimate of drug-likeness (QED) is 0.524. The van der Waals surface area contributed by atoms with Crippen molar-refractivity contribution in [2.24, 2.45) is 0 Å². The molecule has 3 nitrogen and oxygen atoms in total. The minimum atomic E-state index is 0.452. The molecule has 0 aliphatic carbocycles. The van der Waals surface area contributed by atoms with Gasteiger partial charge in [0.25, 0.3) is 0 Å². The summed E-state index contributed by atoms with van der Waals surface area (Å²) in [5.41, 5.74) is 0. The zero-order valence-electron chi connectivity index (χ0n) is 5.64. The van der Waals surface area contributed by atoms with Gasteiger partial charge in [-0.3, -0.25) is 0 Å². The molecule has 7 heteroatoms. The molecule has 0 unspecified atom stereocenters. The van der Waals surface area contributed by atoms with Crippen molar-refractivity contribution in [3.05, 3.63) is 0 Å². The lowest BCUT2D eigenvalue weighted by atomic mass is 10.7. The minimum Gasteiger partial charge on any atom is -0.379 e. The molecule has 0 rings (SSSR count). The van der Waals surface area contributed by atoms with Crippen molar-refractivity contribution >= 4 is 47.1 Å². The van der Waals surface area contributed by atoms with Gasteiger partial charge in [-0.1, -0.05) is 0 Å². The Morgan fingerprint density at radius 1 is 0.818 bits per heavy atom. The van der Waals surface area contributed by atoms with Gasteiger partial charge in [0.15, 0.2) is 0 Å². The van der Waals surface area contributed by atoms with Crippen molar-refractivity contribution < 1.29 is 4.74 Å². The van der Waals surface area contributed by atoms with E-state index in [0.717, 1.165) is 7.88 Å². The Balaban J connectivity index is 2.91. The van der Waals surface area contributed by atoms with Gasteiger partial charge in [0.1, 0.15) is 0 Å². The van der Waals surface area contributed by atoms with E-state index in [4.69, 9.17) is 51.8 Å². The summed E-state index contributed by atoms with van der Waals surface area (Å²) in [6.45, 7) is 1.81. The maximum absolute atomic E-state index is 5.28. The van der Waals surface area contributed by atoms with Crippen molar-refractivity contribution in [3.8, 4) is 0 Å². The Labute approximate surface area is 86.1 Å². The zero-order chi connectivity index (χ0) is 8.69. The maximum atomic E-state index is 5.28. The lowest BCUT2D eigenvalue weighted by Crippen LogP contribution is -2.14. The Morgan fingerprint density at radius 2 is 1.18 bits per heavy atom. The molecule has 0 spiro atoms. The van der Waals surface area contributed by atoms with Crippen LogP contribution in [0.4, 0.5) is 0 Å². The second kappa shape index (κ2) is 7.68. The van der Waals surface area contributed by atoms with E-state index in [-0.39, 0.29) is 0 Å². The normalized spacial score (nSPS) is 11.5. The van der Waals surface area contributed by atoms with Gasteiger partial charge in [-0.15, -0.1) is 7.88 Å². The van der Waals surface area contributed by atoms with Crippen LogP contribution in [0.3, 0.4) is 0 Å². The van der Waals surface area contributed by atoms with E-state index < -0.39 is 0 Å². The highest BCUT2D eigenvalue weighted by atomic mass is 35.5. The van der Waals surface area contributed by atoms with E-state index in [2.05, 4.69) is 0 Å². The van der Waals surface area contributed by atoms with Gasteiger partial charge in [-0.25, -0.2) is 0 Å². The molecule has 0 saturated heterocycles. The lowest BCUT2D eigenvalue weighted by Gasteiger charge is -2.06. The zero-order valence-corrected chi connectivity index (χ0v) is 8.67. The molecule has 11 heavy (non-hydrogen) atoms. The second-order valence-corrected chi connectivity index (χ2v) is 3.64. The monoisotopic (exact) mass is 240 g/mol. The lowest BCUT2D eigenvalue weighted by molar-refractivity contribution is 0.130. The molecular weight excluding hydrogens is 234 g/mol. The molecule has 0 bridgehead atoms. The molecule has 0 radical (unpaired) electrons. The van der Waals surface area contributed by atoms with E-state index in [1.54, 1.807) is 0 Å². The van der Waals surface area contributed by atoms with Crippen LogP contribution in [-0.4, -0.2) is 34.2 Å². The number of hydrogen-bond acceptors (Lipinski definition) is 3. The average molecular weight is 242 g/mol. The predicted octanol–water partition coefficient (Wildman–Crippen LogP) is 2.22. The van der Waals surface area contributed by atoms with Gasteiger partial charge in [-0.05, 0) is 47.1 Å². The van der Waals surface area contributed by atoms with Crippen LogP contribution in [-0.2, 0) is 4.74 Å². The first kappa shape index (κ1) is 12.0. The van der Waals surface area contributed by atoms with Gasteiger partial charge in [-0.2, -0.15) is 0 Å². The molecular formula is C4H8Cl4N2O. The maximum Gasteiger partial charge on any atom is 0.0621 e. The largest absolute Gasteiger partial charge is 0.379 e. The van der Waals surface area contributed by atoms with Crippen LogP contribution in [0.15, 0.2) is 0 Å². The number of ether oxygens (including phenoxy) is 1. The average Bonchev–Trinajstić information content (AvgIpc) is 1.85. The van der Waals surface area contributed by atoms with Crippen molar-refractivity contribution in [2.45, 2.75) is 0 Å². The summed E-state index contributed by atoms with van der Waals surface area (Å²) in [5, 5.41) is 0. The Kier molecular flexibility index (Phi) is 8.40. The molecule has 0 fully saturated rings. The fraction of sp³-hybridized carbons (Fsp3) is 1.00. The molecule has 0 aromatic carbocycles. The fourth-order valence-corrected chi connectivity index (χ4v) is 0.645. The van der Waals surface area contributed by atoms with Gasteiger partial charge in [0.05, 0.1) is 26.3 Å². The van der Waals surface area contributed by atoms with E-state index >= 15 is 0 Å². The van der Waals surface area contributed by atoms with Crippen molar-refractivity contribution in [1.82, 2.24) is 7.88 Å². The van der Waals surface area contributed by atoms with Crippen molar-refractivity contribution in [1.29, 1.82) is 0 Å². The van der Waals surface area contributed by atoms with Crippen LogP contribution in [0, 0.1) is 0 Å². The van der Waals surface area contributed by atoms with E-state index in [1.807, 2.05) is 0 Å². The highest BCUT2D eigenvalue weighted by Gasteiger charge is 1.96. The summed E-state index contributed by atoms with van der Waals surface area (Å²) >= 11 is 21.1. The third kappa shape index (κ3) is 11.0.